The van der Waals surface area contributed by atoms with E-state index in [1.54, 1.807) is 6.20 Å². The van der Waals surface area contributed by atoms with Crippen molar-refractivity contribution in [3.05, 3.63) is 36.0 Å². The van der Waals surface area contributed by atoms with Crippen LogP contribution in [0.15, 0.2) is 30.5 Å². The number of carboxylic acid groups (broad SMARTS) is 1. The number of aromatic nitrogens is 1. The van der Waals surface area contributed by atoms with Gasteiger partial charge in [0.15, 0.2) is 0 Å². The molecule has 0 aliphatic carbocycles. The Labute approximate surface area is 197 Å². The van der Waals surface area contributed by atoms with Crippen LogP contribution in [0.5, 0.6) is 0 Å². The van der Waals surface area contributed by atoms with Crippen molar-refractivity contribution in [2.24, 2.45) is 11.7 Å². The number of fused-ring (bicyclic) bond motifs is 1. The fourth-order valence-corrected chi connectivity index (χ4v) is 3.41. The number of aliphatic carboxylic acids is 1. The summed E-state index contributed by atoms with van der Waals surface area (Å²) in [6, 6.07) is 3.85. The maximum atomic E-state index is 12.7. The van der Waals surface area contributed by atoms with E-state index in [0.29, 0.717) is 12.0 Å². The summed E-state index contributed by atoms with van der Waals surface area (Å²) in [5, 5.41) is 27.6. The Kier molecular flexibility index (Phi) is 9.58. The van der Waals surface area contributed by atoms with Gasteiger partial charge >= 0.3 is 5.97 Å². The minimum absolute atomic E-state index is 0.00484. The third kappa shape index (κ3) is 7.03. The molecule has 2 rings (SSSR count). The van der Waals surface area contributed by atoms with Crippen LogP contribution >= 0.6 is 0 Å². The number of amides is 3. The first-order valence-corrected chi connectivity index (χ1v) is 11.1. The smallest absolute Gasteiger partial charge is 0.326 e. The van der Waals surface area contributed by atoms with E-state index in [1.807, 2.05) is 38.1 Å². The third-order valence-corrected chi connectivity index (χ3v) is 5.78. The fraction of sp³-hybridized carbons (Fsp3) is 0.478. The van der Waals surface area contributed by atoms with Crippen LogP contribution in [0.4, 0.5) is 0 Å². The Morgan fingerprint density at radius 1 is 1.09 bits per heavy atom. The first kappa shape index (κ1) is 26.8. The normalized spacial score (nSPS) is 15.6. The highest BCUT2D eigenvalue weighted by Crippen LogP contribution is 2.19. The number of rotatable bonds is 12. The summed E-state index contributed by atoms with van der Waals surface area (Å²) in [5.74, 6) is -3.44. The lowest BCUT2D eigenvalue weighted by Gasteiger charge is -2.24. The molecule has 5 unspecified atom stereocenters. The zero-order chi connectivity index (χ0) is 25.4. The summed E-state index contributed by atoms with van der Waals surface area (Å²) in [4.78, 5) is 51.9. The molecule has 0 bridgehead atoms. The molecule has 0 fully saturated rings. The van der Waals surface area contributed by atoms with Crippen LogP contribution in [-0.4, -0.2) is 69.7 Å². The zero-order valence-corrected chi connectivity index (χ0v) is 19.5. The molecule has 0 aliphatic heterocycles. The molecule has 1 heterocycles. The molecule has 0 radical (unpaired) electrons. The minimum atomic E-state index is -1.42. The number of nitrogens with one attached hydrogen (secondary N) is 4. The minimum Gasteiger partial charge on any atom is -0.480 e. The quantitative estimate of drug-likeness (QED) is 0.218. The number of nitrogens with two attached hydrogens (primary N) is 1. The average Bonchev–Trinajstić information content (AvgIpc) is 3.21. The highest BCUT2D eigenvalue weighted by atomic mass is 16.4. The SMILES string of the molecule is CCC(C)C(N)C(=O)NCC(=O)NC(C(=O)NC(Cc1c[nH]c2ccccc12)C(=O)O)C(C)O. The molecule has 0 spiro atoms. The maximum Gasteiger partial charge on any atom is 0.326 e. The Bertz CT molecular complexity index is 1020. The second-order valence-electron chi connectivity index (χ2n) is 8.38. The van der Waals surface area contributed by atoms with Crippen LogP contribution < -0.4 is 21.7 Å². The number of para-hydroxylation sites is 1. The number of aromatic amines is 1. The van der Waals surface area contributed by atoms with Gasteiger partial charge in [-0.05, 0) is 24.5 Å². The molecule has 11 nitrogen and oxygen atoms in total. The molecular weight excluding hydrogens is 442 g/mol. The molecule has 8 N–H and O–H groups in total. The van der Waals surface area contributed by atoms with Crippen LogP contribution in [0.3, 0.4) is 0 Å². The Morgan fingerprint density at radius 3 is 2.38 bits per heavy atom. The Morgan fingerprint density at radius 2 is 1.76 bits per heavy atom. The zero-order valence-electron chi connectivity index (χ0n) is 19.5. The molecule has 2 aromatic rings. The van der Waals surface area contributed by atoms with E-state index in [1.165, 1.54) is 6.92 Å². The molecule has 34 heavy (non-hydrogen) atoms. The van der Waals surface area contributed by atoms with E-state index in [-0.39, 0.29) is 12.3 Å². The second-order valence-corrected chi connectivity index (χ2v) is 8.38. The third-order valence-electron chi connectivity index (χ3n) is 5.78. The molecule has 0 saturated heterocycles. The topological polar surface area (TPSA) is 187 Å². The predicted octanol–water partition coefficient (Wildman–Crippen LogP) is -0.365. The van der Waals surface area contributed by atoms with Crippen molar-refractivity contribution in [3.8, 4) is 0 Å². The standard InChI is InChI=1S/C23H33N5O6/c1-4-12(2)19(24)21(31)26-11-18(30)28-20(13(3)29)22(32)27-17(23(33)34)9-14-10-25-16-8-6-5-7-15(14)16/h5-8,10,12-13,17,19-20,25,29H,4,9,11,24H2,1-3H3,(H,26,31)(H,27,32)(H,28,30)(H,33,34). The van der Waals surface area contributed by atoms with E-state index < -0.39 is 54.5 Å². The number of aliphatic hydroxyl groups is 1. The number of carbonyl (C=O) groups is 4. The van der Waals surface area contributed by atoms with Crippen molar-refractivity contribution in [3.63, 3.8) is 0 Å². The van der Waals surface area contributed by atoms with Crippen LogP contribution in [-0.2, 0) is 25.6 Å². The number of H-pyrrole nitrogens is 1. The Balaban J connectivity index is 2.01. The largest absolute Gasteiger partial charge is 0.480 e. The lowest BCUT2D eigenvalue weighted by molar-refractivity contribution is -0.142. The van der Waals surface area contributed by atoms with Crippen LogP contribution in [0.1, 0.15) is 32.8 Å². The number of carbonyl (C=O) groups excluding carboxylic acids is 3. The number of aliphatic hydroxyl groups excluding tert-OH is 1. The van der Waals surface area contributed by atoms with E-state index in [4.69, 9.17) is 5.73 Å². The maximum absolute atomic E-state index is 12.7. The summed E-state index contributed by atoms with van der Waals surface area (Å²) in [7, 11) is 0. The van der Waals surface area contributed by atoms with E-state index >= 15 is 0 Å². The average molecular weight is 476 g/mol. The highest BCUT2D eigenvalue weighted by Gasteiger charge is 2.30. The van der Waals surface area contributed by atoms with Crippen molar-refractivity contribution in [1.82, 2.24) is 20.9 Å². The van der Waals surface area contributed by atoms with E-state index in [9.17, 15) is 29.4 Å². The first-order valence-electron chi connectivity index (χ1n) is 11.1. The van der Waals surface area contributed by atoms with Crippen molar-refractivity contribution in [2.75, 3.05) is 6.54 Å². The number of hydrogen-bond acceptors (Lipinski definition) is 6. The number of carboxylic acids is 1. The van der Waals surface area contributed by atoms with Gasteiger partial charge in [0, 0.05) is 23.5 Å². The predicted molar refractivity (Wildman–Crippen MR) is 126 cm³/mol. The number of benzene rings is 1. The monoisotopic (exact) mass is 475 g/mol. The van der Waals surface area contributed by atoms with Gasteiger partial charge in [-0.25, -0.2) is 4.79 Å². The van der Waals surface area contributed by atoms with Gasteiger partial charge in [-0.2, -0.15) is 0 Å². The van der Waals surface area contributed by atoms with Crippen molar-refractivity contribution >= 4 is 34.6 Å². The van der Waals surface area contributed by atoms with Crippen LogP contribution in [0.2, 0.25) is 0 Å². The van der Waals surface area contributed by atoms with Gasteiger partial charge in [-0.3, -0.25) is 14.4 Å². The molecule has 1 aromatic heterocycles. The van der Waals surface area contributed by atoms with Gasteiger partial charge < -0.3 is 36.9 Å². The molecule has 5 atom stereocenters. The summed E-state index contributed by atoms with van der Waals surface area (Å²) in [6.45, 7) is 4.54. The molecule has 1 aromatic carbocycles. The molecular formula is C23H33N5O6. The van der Waals surface area contributed by atoms with Gasteiger partial charge in [-0.1, -0.05) is 38.5 Å². The second kappa shape index (κ2) is 12.1. The summed E-state index contributed by atoms with van der Waals surface area (Å²) in [5.41, 5.74) is 7.35. The molecule has 0 aliphatic rings. The lowest BCUT2D eigenvalue weighted by Crippen LogP contribution is -2.57. The lowest BCUT2D eigenvalue weighted by atomic mass is 9.99. The first-order chi connectivity index (χ1) is 16.0. The van der Waals surface area contributed by atoms with Crippen LogP contribution in [0.25, 0.3) is 10.9 Å². The van der Waals surface area contributed by atoms with Gasteiger partial charge in [-0.15, -0.1) is 0 Å². The van der Waals surface area contributed by atoms with Crippen molar-refractivity contribution in [1.29, 1.82) is 0 Å². The van der Waals surface area contributed by atoms with E-state index in [0.717, 1.165) is 10.9 Å². The summed E-state index contributed by atoms with van der Waals surface area (Å²) < 4.78 is 0. The number of hydrogen-bond donors (Lipinski definition) is 7. The summed E-state index contributed by atoms with van der Waals surface area (Å²) >= 11 is 0. The van der Waals surface area contributed by atoms with Crippen LogP contribution in [0, 0.1) is 5.92 Å². The summed E-state index contributed by atoms with van der Waals surface area (Å²) in [6.07, 6.45) is 1.04. The molecule has 0 saturated carbocycles. The fourth-order valence-electron chi connectivity index (χ4n) is 3.41. The molecule has 186 valence electrons. The van der Waals surface area contributed by atoms with Gasteiger partial charge in [0.05, 0.1) is 18.7 Å². The highest BCUT2D eigenvalue weighted by molar-refractivity contribution is 5.93. The van der Waals surface area contributed by atoms with Gasteiger partial charge in [0.2, 0.25) is 17.7 Å². The Hall–Kier alpha value is -3.44. The van der Waals surface area contributed by atoms with E-state index in [2.05, 4.69) is 20.9 Å². The van der Waals surface area contributed by atoms with Gasteiger partial charge in [0.1, 0.15) is 12.1 Å². The van der Waals surface area contributed by atoms with Crippen molar-refractivity contribution in [2.45, 2.75) is 57.8 Å². The van der Waals surface area contributed by atoms with Gasteiger partial charge in [0.25, 0.3) is 0 Å². The molecule has 11 heteroatoms. The molecule has 3 amide bonds. The van der Waals surface area contributed by atoms with Crippen molar-refractivity contribution < 1.29 is 29.4 Å².